The van der Waals surface area contributed by atoms with Gasteiger partial charge in [0.2, 0.25) is 0 Å². The van der Waals surface area contributed by atoms with Gasteiger partial charge in [0.15, 0.2) is 11.6 Å². The number of aromatic nitrogens is 6. The lowest BCUT2D eigenvalue weighted by atomic mass is 10.2. The summed E-state index contributed by atoms with van der Waals surface area (Å²) in [6, 6.07) is 5.84. The molecule has 0 amide bonds. The summed E-state index contributed by atoms with van der Waals surface area (Å²) in [7, 11) is 0. The van der Waals surface area contributed by atoms with Crippen molar-refractivity contribution in [1.82, 2.24) is 34.6 Å². The molecule has 0 aliphatic carbocycles. The largest absolute Gasteiger partial charge is 0.461 e. The number of hydrogen-bond donors (Lipinski definition) is 1. The van der Waals surface area contributed by atoms with Crippen LogP contribution in [-0.2, 0) is 26.2 Å². The summed E-state index contributed by atoms with van der Waals surface area (Å²) in [6.07, 6.45) is 10.4. The fourth-order valence-corrected chi connectivity index (χ4v) is 3.40. The molecule has 5 rings (SSSR count). The second kappa shape index (κ2) is 7.80. The Morgan fingerprint density at radius 3 is 2.79 bits per heavy atom. The van der Waals surface area contributed by atoms with E-state index in [0.717, 1.165) is 43.3 Å². The molecule has 0 fully saturated rings. The molecule has 0 atom stereocenters. The topological polar surface area (TPSA) is 97.8 Å². The minimum absolute atomic E-state index is 0.607. The van der Waals surface area contributed by atoms with Crippen LogP contribution in [0, 0.1) is 0 Å². The molecule has 4 aromatic rings. The molecular formula is C20H20N8O. The Labute approximate surface area is 167 Å². The lowest BCUT2D eigenvalue weighted by Gasteiger charge is -2.27. The third-order valence-electron chi connectivity index (χ3n) is 4.79. The molecule has 0 saturated carbocycles. The maximum absolute atomic E-state index is 5.34. The minimum atomic E-state index is 0.607. The van der Waals surface area contributed by atoms with E-state index in [0.29, 0.717) is 18.1 Å². The van der Waals surface area contributed by atoms with Crippen molar-refractivity contribution in [3.05, 3.63) is 72.4 Å². The molecule has 0 spiro atoms. The van der Waals surface area contributed by atoms with Gasteiger partial charge in [0.05, 0.1) is 36.9 Å². The highest BCUT2D eigenvalue weighted by Gasteiger charge is 2.19. The van der Waals surface area contributed by atoms with E-state index in [1.54, 1.807) is 24.9 Å². The number of rotatable bonds is 6. The fraction of sp³-hybridized carbons (Fsp3) is 0.250. The van der Waals surface area contributed by atoms with Crippen LogP contribution in [0.4, 0.5) is 5.82 Å². The number of nitrogens with zero attached hydrogens (tertiary/aromatic N) is 7. The van der Waals surface area contributed by atoms with Crippen molar-refractivity contribution < 1.29 is 4.42 Å². The normalized spacial score (nSPS) is 13.9. The van der Waals surface area contributed by atoms with Crippen molar-refractivity contribution >= 4 is 5.82 Å². The Bertz CT molecular complexity index is 1060. The van der Waals surface area contributed by atoms with E-state index in [1.165, 1.54) is 5.69 Å². The van der Waals surface area contributed by atoms with Crippen LogP contribution >= 0.6 is 0 Å². The zero-order valence-electron chi connectivity index (χ0n) is 15.8. The summed E-state index contributed by atoms with van der Waals surface area (Å²) in [4.78, 5) is 19.5. The van der Waals surface area contributed by atoms with Crippen LogP contribution in [0.2, 0.25) is 0 Å². The van der Waals surface area contributed by atoms with E-state index in [4.69, 9.17) is 9.52 Å². The standard InChI is InChI=1S/C20H20N8O/c1-2-18(29-7-1)20-24-9-15(10-25-20)13-27-5-6-28-17(14-27)8-16(26-28)11-23-19-12-21-3-4-22-19/h1-4,7-10,12H,5-6,11,13-14H2,(H,22,23). The van der Waals surface area contributed by atoms with Gasteiger partial charge in [-0.25, -0.2) is 15.0 Å². The van der Waals surface area contributed by atoms with E-state index in [9.17, 15) is 0 Å². The Kier molecular flexibility index (Phi) is 4.71. The van der Waals surface area contributed by atoms with Crippen molar-refractivity contribution in [1.29, 1.82) is 0 Å². The Morgan fingerprint density at radius 1 is 1.07 bits per heavy atom. The first-order chi connectivity index (χ1) is 14.3. The second-order valence-electron chi connectivity index (χ2n) is 6.90. The highest BCUT2D eigenvalue weighted by Crippen LogP contribution is 2.18. The summed E-state index contributed by atoms with van der Waals surface area (Å²) in [5, 5.41) is 7.94. The van der Waals surface area contributed by atoms with E-state index in [-0.39, 0.29) is 0 Å². The van der Waals surface area contributed by atoms with Gasteiger partial charge in [0.25, 0.3) is 0 Å². The lowest BCUT2D eigenvalue weighted by Crippen LogP contribution is -2.33. The van der Waals surface area contributed by atoms with Crippen molar-refractivity contribution in [3.63, 3.8) is 0 Å². The first-order valence-electron chi connectivity index (χ1n) is 9.46. The van der Waals surface area contributed by atoms with E-state index in [2.05, 4.69) is 40.9 Å². The monoisotopic (exact) mass is 388 g/mol. The molecule has 0 unspecified atom stereocenters. The third-order valence-corrected chi connectivity index (χ3v) is 4.79. The summed E-state index contributed by atoms with van der Waals surface area (Å²) in [6.45, 7) is 4.08. The highest BCUT2D eigenvalue weighted by molar-refractivity contribution is 5.45. The number of furan rings is 1. The average Bonchev–Trinajstić information content (AvgIpc) is 3.43. The van der Waals surface area contributed by atoms with E-state index < -0.39 is 0 Å². The zero-order valence-corrected chi connectivity index (χ0v) is 15.8. The van der Waals surface area contributed by atoms with Crippen LogP contribution in [0.1, 0.15) is 17.0 Å². The Morgan fingerprint density at radius 2 is 2.00 bits per heavy atom. The summed E-state index contributed by atoms with van der Waals surface area (Å²) in [5.74, 6) is 2.04. The Hall–Kier alpha value is -3.59. The predicted octanol–water partition coefficient (Wildman–Crippen LogP) is 2.35. The minimum Gasteiger partial charge on any atom is -0.461 e. The molecular weight excluding hydrogens is 368 g/mol. The predicted molar refractivity (Wildman–Crippen MR) is 105 cm³/mol. The summed E-state index contributed by atoms with van der Waals surface area (Å²) in [5.41, 5.74) is 3.29. The zero-order chi connectivity index (χ0) is 19.5. The van der Waals surface area contributed by atoms with Gasteiger partial charge < -0.3 is 9.73 Å². The first kappa shape index (κ1) is 17.5. The average molecular weight is 388 g/mol. The smallest absolute Gasteiger partial charge is 0.195 e. The highest BCUT2D eigenvalue weighted by atomic mass is 16.3. The van der Waals surface area contributed by atoms with Gasteiger partial charge in [-0.05, 0) is 18.2 Å². The molecule has 1 aliphatic rings. The first-order valence-corrected chi connectivity index (χ1v) is 9.46. The van der Waals surface area contributed by atoms with Crippen LogP contribution in [0.5, 0.6) is 0 Å². The van der Waals surface area contributed by atoms with Crippen LogP contribution in [0.15, 0.2) is 59.9 Å². The van der Waals surface area contributed by atoms with Gasteiger partial charge in [0, 0.05) is 50.0 Å². The lowest BCUT2D eigenvalue weighted by molar-refractivity contribution is 0.204. The summed E-state index contributed by atoms with van der Waals surface area (Å²) < 4.78 is 7.43. The van der Waals surface area contributed by atoms with Crippen LogP contribution in [0.3, 0.4) is 0 Å². The van der Waals surface area contributed by atoms with Crippen molar-refractivity contribution in [3.8, 4) is 11.6 Å². The molecule has 1 aliphatic heterocycles. The fourth-order valence-electron chi connectivity index (χ4n) is 3.40. The van der Waals surface area contributed by atoms with Gasteiger partial charge >= 0.3 is 0 Å². The van der Waals surface area contributed by atoms with Crippen molar-refractivity contribution in [2.45, 2.75) is 26.2 Å². The maximum atomic E-state index is 5.34. The molecule has 0 radical (unpaired) electrons. The number of fused-ring (bicyclic) bond motifs is 1. The quantitative estimate of drug-likeness (QED) is 0.538. The molecule has 9 heteroatoms. The van der Waals surface area contributed by atoms with E-state index >= 15 is 0 Å². The molecule has 9 nitrogen and oxygen atoms in total. The molecule has 0 aromatic carbocycles. The molecule has 5 heterocycles. The Balaban J connectivity index is 1.20. The van der Waals surface area contributed by atoms with Crippen LogP contribution in [0.25, 0.3) is 11.6 Å². The molecule has 146 valence electrons. The maximum Gasteiger partial charge on any atom is 0.195 e. The SMILES string of the molecule is c1coc(-c2ncc(CN3CCn4nc(CNc5cnccn5)cc4C3)cn2)c1. The second-order valence-corrected chi connectivity index (χ2v) is 6.90. The number of anilines is 1. The van der Waals surface area contributed by atoms with Crippen LogP contribution in [-0.4, -0.2) is 41.2 Å². The number of hydrogen-bond acceptors (Lipinski definition) is 8. The molecule has 29 heavy (non-hydrogen) atoms. The van der Waals surface area contributed by atoms with Crippen LogP contribution < -0.4 is 5.32 Å². The van der Waals surface area contributed by atoms with E-state index in [1.807, 2.05) is 24.5 Å². The van der Waals surface area contributed by atoms with Gasteiger partial charge in [-0.2, -0.15) is 5.10 Å². The number of nitrogens with one attached hydrogen (secondary N) is 1. The van der Waals surface area contributed by atoms with Gasteiger partial charge in [-0.15, -0.1) is 0 Å². The summed E-state index contributed by atoms with van der Waals surface area (Å²) >= 11 is 0. The molecule has 0 bridgehead atoms. The van der Waals surface area contributed by atoms with Crippen molar-refractivity contribution in [2.24, 2.45) is 0 Å². The molecule has 0 saturated heterocycles. The molecule has 4 aromatic heterocycles. The third kappa shape index (κ3) is 3.99. The van der Waals surface area contributed by atoms with Gasteiger partial charge in [0.1, 0.15) is 5.82 Å². The van der Waals surface area contributed by atoms with Gasteiger partial charge in [-0.3, -0.25) is 14.6 Å². The van der Waals surface area contributed by atoms with Gasteiger partial charge in [-0.1, -0.05) is 0 Å². The molecule has 1 N–H and O–H groups in total. The van der Waals surface area contributed by atoms with Crippen molar-refractivity contribution in [2.75, 3.05) is 11.9 Å².